The fraction of sp³-hybridized carbons (Fsp3) is 0. The van der Waals surface area contributed by atoms with Gasteiger partial charge in [0.1, 0.15) is 17.2 Å². The summed E-state index contributed by atoms with van der Waals surface area (Å²) in [5.41, 5.74) is 6.24. The van der Waals surface area contributed by atoms with Crippen molar-refractivity contribution in [3.63, 3.8) is 0 Å². The first-order chi connectivity index (χ1) is 13.4. The Hall–Kier alpha value is -3.29. The molecule has 7 nitrogen and oxygen atoms in total. The standard InChI is InChI=1S/C19H14Cl2N4O3/c20-11-1-6-15(21)16(9-11)25-19(27)24-12-2-4-13(5-3-12)28-14-7-8-23-17(10-14)18(22)26/h1-10H,(H2,22,26)(H2,24,25,27). The minimum atomic E-state index is -0.643. The third-order valence-electron chi connectivity index (χ3n) is 3.51. The molecular weight excluding hydrogens is 403 g/mol. The van der Waals surface area contributed by atoms with Crippen LogP contribution in [0.3, 0.4) is 0 Å². The molecule has 0 aliphatic rings. The number of benzene rings is 2. The van der Waals surface area contributed by atoms with E-state index in [-0.39, 0.29) is 5.69 Å². The van der Waals surface area contributed by atoms with Crippen LogP contribution in [0.1, 0.15) is 10.5 Å². The molecule has 0 aliphatic carbocycles. The lowest BCUT2D eigenvalue weighted by Crippen LogP contribution is -2.19. The number of rotatable bonds is 5. The van der Waals surface area contributed by atoms with Gasteiger partial charge in [-0.15, -0.1) is 0 Å². The Labute approximate surface area is 170 Å². The molecule has 3 rings (SSSR count). The lowest BCUT2D eigenvalue weighted by Gasteiger charge is -2.10. The minimum Gasteiger partial charge on any atom is -0.457 e. The molecule has 9 heteroatoms. The molecule has 2 aromatic carbocycles. The molecule has 142 valence electrons. The average Bonchev–Trinajstić information content (AvgIpc) is 2.66. The number of nitrogens with one attached hydrogen (secondary N) is 2. The highest BCUT2D eigenvalue weighted by Gasteiger charge is 2.08. The second-order valence-electron chi connectivity index (χ2n) is 5.57. The third-order valence-corrected chi connectivity index (χ3v) is 4.07. The number of carbonyl (C=O) groups is 2. The second kappa shape index (κ2) is 8.60. The number of primary amides is 1. The lowest BCUT2D eigenvalue weighted by atomic mass is 10.3. The zero-order valence-corrected chi connectivity index (χ0v) is 15.8. The summed E-state index contributed by atoms with van der Waals surface area (Å²) in [4.78, 5) is 27.1. The quantitative estimate of drug-likeness (QED) is 0.548. The van der Waals surface area contributed by atoms with Crippen molar-refractivity contribution in [3.05, 3.63) is 76.5 Å². The van der Waals surface area contributed by atoms with Crippen LogP contribution >= 0.6 is 23.2 Å². The highest BCUT2D eigenvalue weighted by atomic mass is 35.5. The molecular formula is C19H14Cl2N4O3. The maximum absolute atomic E-state index is 12.1. The Kier molecular flexibility index (Phi) is 5.98. The molecule has 0 aliphatic heterocycles. The number of ether oxygens (including phenoxy) is 1. The predicted molar refractivity (Wildman–Crippen MR) is 108 cm³/mol. The smallest absolute Gasteiger partial charge is 0.323 e. The second-order valence-corrected chi connectivity index (χ2v) is 6.41. The molecule has 0 atom stereocenters. The minimum absolute atomic E-state index is 0.104. The summed E-state index contributed by atoms with van der Waals surface area (Å²) in [5, 5.41) is 6.12. The van der Waals surface area contributed by atoms with Gasteiger partial charge in [-0.1, -0.05) is 23.2 Å². The summed E-state index contributed by atoms with van der Waals surface area (Å²) >= 11 is 11.9. The summed E-state index contributed by atoms with van der Waals surface area (Å²) in [6, 6.07) is 14.0. The van der Waals surface area contributed by atoms with Crippen LogP contribution in [-0.2, 0) is 0 Å². The van der Waals surface area contributed by atoms with Gasteiger partial charge in [-0.2, -0.15) is 0 Å². The fourth-order valence-corrected chi connectivity index (χ4v) is 2.57. The van der Waals surface area contributed by atoms with Crippen molar-refractivity contribution in [2.45, 2.75) is 0 Å². The van der Waals surface area contributed by atoms with Crippen molar-refractivity contribution in [3.8, 4) is 11.5 Å². The van der Waals surface area contributed by atoms with Crippen LogP contribution in [0.2, 0.25) is 10.0 Å². The van der Waals surface area contributed by atoms with Gasteiger partial charge < -0.3 is 21.1 Å². The maximum Gasteiger partial charge on any atom is 0.323 e. The lowest BCUT2D eigenvalue weighted by molar-refractivity contribution is 0.0995. The largest absolute Gasteiger partial charge is 0.457 e. The molecule has 1 heterocycles. The van der Waals surface area contributed by atoms with Crippen LogP contribution in [0.25, 0.3) is 0 Å². The van der Waals surface area contributed by atoms with E-state index in [2.05, 4.69) is 15.6 Å². The first-order valence-electron chi connectivity index (χ1n) is 7.97. The molecule has 0 saturated heterocycles. The normalized spacial score (nSPS) is 10.2. The number of anilines is 2. The Morgan fingerprint density at radius 1 is 0.929 bits per heavy atom. The van der Waals surface area contributed by atoms with E-state index < -0.39 is 11.9 Å². The van der Waals surface area contributed by atoms with Gasteiger partial charge in [0, 0.05) is 23.0 Å². The van der Waals surface area contributed by atoms with E-state index in [4.69, 9.17) is 33.7 Å². The number of pyridine rings is 1. The number of nitrogens with zero attached hydrogens (tertiary/aromatic N) is 1. The topological polar surface area (TPSA) is 106 Å². The van der Waals surface area contributed by atoms with E-state index in [1.54, 1.807) is 48.5 Å². The third kappa shape index (κ3) is 5.12. The molecule has 1 aromatic heterocycles. The zero-order valence-electron chi connectivity index (χ0n) is 14.3. The van der Waals surface area contributed by atoms with Gasteiger partial charge >= 0.3 is 6.03 Å². The van der Waals surface area contributed by atoms with Crippen LogP contribution in [0, 0.1) is 0 Å². The highest BCUT2D eigenvalue weighted by Crippen LogP contribution is 2.26. The molecule has 0 saturated carbocycles. The van der Waals surface area contributed by atoms with Crippen LogP contribution in [0.15, 0.2) is 60.8 Å². The van der Waals surface area contributed by atoms with E-state index in [1.807, 2.05) is 0 Å². The first-order valence-corrected chi connectivity index (χ1v) is 8.73. The molecule has 0 spiro atoms. The van der Waals surface area contributed by atoms with Crippen molar-refractivity contribution in [2.75, 3.05) is 10.6 Å². The van der Waals surface area contributed by atoms with E-state index in [0.29, 0.717) is 32.9 Å². The Balaban J connectivity index is 1.62. The summed E-state index contributed by atoms with van der Waals surface area (Å²) in [6.45, 7) is 0. The van der Waals surface area contributed by atoms with E-state index in [9.17, 15) is 9.59 Å². The van der Waals surface area contributed by atoms with Gasteiger partial charge in [0.2, 0.25) is 0 Å². The van der Waals surface area contributed by atoms with Gasteiger partial charge in [0.15, 0.2) is 0 Å². The molecule has 0 bridgehead atoms. The average molecular weight is 417 g/mol. The molecule has 3 amide bonds. The number of urea groups is 1. The number of amides is 3. The van der Waals surface area contributed by atoms with Gasteiger partial charge in [0.05, 0.1) is 10.7 Å². The number of hydrogen-bond donors (Lipinski definition) is 3. The zero-order chi connectivity index (χ0) is 20.1. The number of halogens is 2. The molecule has 0 unspecified atom stereocenters. The molecule has 0 radical (unpaired) electrons. The Morgan fingerprint density at radius 2 is 1.68 bits per heavy atom. The van der Waals surface area contributed by atoms with Crippen LogP contribution in [0.4, 0.5) is 16.2 Å². The van der Waals surface area contributed by atoms with E-state index in [0.717, 1.165) is 0 Å². The molecule has 4 N–H and O–H groups in total. The van der Waals surface area contributed by atoms with Crippen LogP contribution < -0.4 is 21.1 Å². The van der Waals surface area contributed by atoms with Gasteiger partial charge in [-0.05, 0) is 48.5 Å². The predicted octanol–water partition coefficient (Wildman–Crippen LogP) is 4.92. The molecule has 0 fully saturated rings. The van der Waals surface area contributed by atoms with Crippen molar-refractivity contribution < 1.29 is 14.3 Å². The number of nitrogens with two attached hydrogens (primary N) is 1. The monoisotopic (exact) mass is 416 g/mol. The fourth-order valence-electron chi connectivity index (χ4n) is 2.23. The number of aromatic nitrogens is 1. The van der Waals surface area contributed by atoms with Crippen molar-refractivity contribution >= 4 is 46.5 Å². The van der Waals surface area contributed by atoms with Crippen molar-refractivity contribution in [1.29, 1.82) is 0 Å². The SMILES string of the molecule is NC(=O)c1cc(Oc2ccc(NC(=O)Nc3cc(Cl)ccc3Cl)cc2)ccn1. The van der Waals surface area contributed by atoms with Gasteiger partial charge in [-0.25, -0.2) is 4.79 Å². The van der Waals surface area contributed by atoms with E-state index in [1.165, 1.54) is 12.3 Å². The summed E-state index contributed by atoms with van der Waals surface area (Å²) in [7, 11) is 0. The molecule has 3 aromatic rings. The van der Waals surface area contributed by atoms with Gasteiger partial charge in [-0.3, -0.25) is 9.78 Å². The highest BCUT2D eigenvalue weighted by molar-refractivity contribution is 6.35. The van der Waals surface area contributed by atoms with Crippen LogP contribution in [0.5, 0.6) is 11.5 Å². The van der Waals surface area contributed by atoms with Crippen molar-refractivity contribution in [1.82, 2.24) is 4.98 Å². The van der Waals surface area contributed by atoms with Crippen LogP contribution in [-0.4, -0.2) is 16.9 Å². The Morgan fingerprint density at radius 3 is 2.39 bits per heavy atom. The molecule has 28 heavy (non-hydrogen) atoms. The first kappa shape index (κ1) is 19.5. The van der Waals surface area contributed by atoms with E-state index >= 15 is 0 Å². The Bertz CT molecular complexity index is 1030. The maximum atomic E-state index is 12.1. The number of hydrogen-bond acceptors (Lipinski definition) is 4. The summed E-state index contributed by atoms with van der Waals surface area (Å²) in [6.07, 6.45) is 1.43. The van der Waals surface area contributed by atoms with Gasteiger partial charge in [0.25, 0.3) is 5.91 Å². The van der Waals surface area contributed by atoms with Crippen molar-refractivity contribution in [2.24, 2.45) is 5.73 Å². The number of carbonyl (C=O) groups excluding carboxylic acids is 2. The summed E-state index contributed by atoms with van der Waals surface area (Å²) in [5.74, 6) is 0.277. The summed E-state index contributed by atoms with van der Waals surface area (Å²) < 4.78 is 5.65.